The summed E-state index contributed by atoms with van der Waals surface area (Å²) in [5.41, 5.74) is 0.682. The summed E-state index contributed by atoms with van der Waals surface area (Å²) in [4.78, 5) is 11.9. The highest BCUT2D eigenvalue weighted by Gasteiger charge is 2.60. The van der Waals surface area contributed by atoms with E-state index in [9.17, 15) is 9.90 Å². The first kappa shape index (κ1) is 18.1. The highest BCUT2D eigenvalue weighted by Crippen LogP contribution is 2.66. The van der Waals surface area contributed by atoms with Crippen molar-refractivity contribution >= 4 is 17.5 Å². The van der Waals surface area contributed by atoms with Crippen LogP contribution in [0.15, 0.2) is 0 Å². The van der Waals surface area contributed by atoms with E-state index in [-0.39, 0.29) is 23.3 Å². The molecule has 0 aromatic heterocycles. The third-order valence-corrected chi connectivity index (χ3v) is 9.34. The second kappa shape index (κ2) is 6.41. The molecule has 0 bridgehead atoms. The van der Waals surface area contributed by atoms with Crippen LogP contribution in [0.1, 0.15) is 71.6 Å². The zero-order valence-electron chi connectivity index (χ0n) is 15.8. The molecular formula is C21H34ClNO2. The molecule has 4 saturated carbocycles. The summed E-state index contributed by atoms with van der Waals surface area (Å²) in [6, 6.07) is 0.309. The predicted octanol–water partition coefficient (Wildman–Crippen LogP) is 4.11. The van der Waals surface area contributed by atoms with Crippen molar-refractivity contribution in [2.45, 2.75) is 83.8 Å². The van der Waals surface area contributed by atoms with Gasteiger partial charge in [0.2, 0.25) is 5.91 Å². The number of aliphatic hydroxyl groups is 1. The van der Waals surface area contributed by atoms with Gasteiger partial charge in [-0.3, -0.25) is 4.79 Å². The average Bonchev–Trinajstić information content (AvgIpc) is 2.92. The van der Waals surface area contributed by atoms with Crippen molar-refractivity contribution in [2.75, 3.05) is 5.88 Å². The Hall–Kier alpha value is -0.280. The fraction of sp³-hybridized carbons (Fsp3) is 0.952. The lowest BCUT2D eigenvalue weighted by Crippen LogP contribution is -2.56. The number of aliphatic hydroxyl groups excluding tert-OH is 1. The summed E-state index contributed by atoms with van der Waals surface area (Å²) < 4.78 is 0. The molecule has 0 aromatic carbocycles. The second-order valence-corrected chi connectivity index (χ2v) is 10.2. The van der Waals surface area contributed by atoms with Gasteiger partial charge in [0.25, 0.3) is 0 Å². The summed E-state index contributed by atoms with van der Waals surface area (Å²) in [5.74, 6) is 3.16. The summed E-state index contributed by atoms with van der Waals surface area (Å²) >= 11 is 5.74. The molecule has 0 aliphatic heterocycles. The molecule has 0 saturated heterocycles. The predicted molar refractivity (Wildman–Crippen MR) is 100 cm³/mol. The van der Waals surface area contributed by atoms with E-state index in [1.165, 1.54) is 38.5 Å². The minimum atomic E-state index is -0.0647. The van der Waals surface area contributed by atoms with Crippen molar-refractivity contribution in [3.8, 4) is 0 Å². The van der Waals surface area contributed by atoms with Gasteiger partial charge >= 0.3 is 0 Å². The van der Waals surface area contributed by atoms with E-state index in [0.717, 1.165) is 42.9 Å². The van der Waals surface area contributed by atoms with Crippen molar-refractivity contribution in [1.82, 2.24) is 5.32 Å². The Morgan fingerprint density at radius 2 is 1.76 bits per heavy atom. The molecule has 142 valence electrons. The number of hydrogen-bond donors (Lipinski definition) is 2. The maximum atomic E-state index is 11.9. The Kier molecular flexibility index (Phi) is 4.64. The van der Waals surface area contributed by atoms with Gasteiger partial charge in [-0.15, -0.1) is 11.6 Å². The minimum absolute atomic E-state index is 0.00685. The molecule has 0 heterocycles. The summed E-state index contributed by atoms with van der Waals surface area (Å²) in [7, 11) is 0. The van der Waals surface area contributed by atoms with Gasteiger partial charge in [0.15, 0.2) is 0 Å². The Morgan fingerprint density at radius 1 is 1.04 bits per heavy atom. The molecule has 1 amide bonds. The first-order valence-electron chi connectivity index (χ1n) is 10.4. The number of fused-ring (bicyclic) bond motifs is 5. The molecular weight excluding hydrogens is 334 g/mol. The summed E-state index contributed by atoms with van der Waals surface area (Å²) in [5, 5.41) is 13.4. The standard InChI is InChI=1S/C21H34ClNO2/c1-20-9-7-14(24)11-13(20)3-4-15-16-5-6-18(23-19(25)12-22)21(16,2)10-8-17(15)20/h13-18,24H,3-12H2,1-2H3,(H,23,25)/t13-,14-,15-,16-,17+,18+,20-,21-/m0/s1. The Morgan fingerprint density at radius 3 is 2.52 bits per heavy atom. The highest BCUT2D eigenvalue weighted by molar-refractivity contribution is 6.27. The molecule has 0 spiro atoms. The summed E-state index contributed by atoms with van der Waals surface area (Å²) in [6.07, 6.45) is 10.7. The van der Waals surface area contributed by atoms with Crippen LogP contribution < -0.4 is 5.32 Å². The maximum absolute atomic E-state index is 11.9. The van der Waals surface area contributed by atoms with Crippen molar-refractivity contribution in [3.05, 3.63) is 0 Å². The molecule has 2 N–H and O–H groups in total. The molecule has 3 nitrogen and oxygen atoms in total. The number of alkyl halides is 1. The molecule has 4 rings (SSSR count). The van der Waals surface area contributed by atoms with Crippen LogP contribution in [-0.4, -0.2) is 29.0 Å². The number of carbonyl (C=O) groups is 1. The van der Waals surface area contributed by atoms with Gasteiger partial charge in [0.05, 0.1) is 6.10 Å². The fourth-order valence-corrected chi connectivity index (χ4v) is 7.78. The largest absolute Gasteiger partial charge is 0.393 e. The van der Waals surface area contributed by atoms with Gasteiger partial charge in [-0.25, -0.2) is 0 Å². The number of hydrogen-bond acceptors (Lipinski definition) is 2. The van der Waals surface area contributed by atoms with Crippen molar-refractivity contribution < 1.29 is 9.90 Å². The van der Waals surface area contributed by atoms with Crippen LogP contribution in [0.4, 0.5) is 0 Å². The van der Waals surface area contributed by atoms with E-state index in [1.807, 2.05) is 0 Å². The number of halogens is 1. The smallest absolute Gasteiger partial charge is 0.235 e. The van der Waals surface area contributed by atoms with Gasteiger partial charge in [-0.1, -0.05) is 13.8 Å². The van der Waals surface area contributed by atoms with Crippen LogP contribution in [0.25, 0.3) is 0 Å². The Labute approximate surface area is 157 Å². The van der Waals surface area contributed by atoms with Gasteiger partial charge in [-0.05, 0) is 92.3 Å². The van der Waals surface area contributed by atoms with E-state index in [0.29, 0.717) is 11.5 Å². The van der Waals surface area contributed by atoms with Crippen LogP contribution in [0.2, 0.25) is 0 Å². The van der Waals surface area contributed by atoms with E-state index < -0.39 is 0 Å². The van der Waals surface area contributed by atoms with Gasteiger partial charge in [-0.2, -0.15) is 0 Å². The highest BCUT2D eigenvalue weighted by atomic mass is 35.5. The van der Waals surface area contributed by atoms with E-state index in [2.05, 4.69) is 19.2 Å². The number of rotatable bonds is 2. The third kappa shape index (κ3) is 2.76. The number of nitrogens with one attached hydrogen (secondary N) is 1. The first-order valence-corrected chi connectivity index (χ1v) is 11.0. The fourth-order valence-electron chi connectivity index (χ4n) is 7.71. The quantitative estimate of drug-likeness (QED) is 0.721. The molecule has 4 aliphatic carbocycles. The van der Waals surface area contributed by atoms with E-state index >= 15 is 0 Å². The van der Waals surface area contributed by atoms with Crippen molar-refractivity contribution in [3.63, 3.8) is 0 Å². The Bertz CT molecular complexity index is 540. The summed E-state index contributed by atoms with van der Waals surface area (Å²) in [6.45, 7) is 4.96. The van der Waals surface area contributed by atoms with E-state index in [1.54, 1.807) is 0 Å². The monoisotopic (exact) mass is 367 g/mol. The van der Waals surface area contributed by atoms with Gasteiger partial charge < -0.3 is 10.4 Å². The SMILES string of the molecule is C[C@]12CC[C@H](O)C[C@@H]1CC[C@@H]1[C@H]2CC[C@]2(C)[C@H](NC(=O)CCl)CC[C@@H]12. The molecule has 25 heavy (non-hydrogen) atoms. The zero-order chi connectivity index (χ0) is 17.8. The molecule has 0 aromatic rings. The van der Waals surface area contributed by atoms with Crippen molar-refractivity contribution in [2.24, 2.45) is 34.5 Å². The van der Waals surface area contributed by atoms with Crippen molar-refractivity contribution in [1.29, 1.82) is 0 Å². The van der Waals surface area contributed by atoms with Crippen LogP contribution in [-0.2, 0) is 4.79 Å². The normalized spacial score (nSPS) is 52.0. The van der Waals surface area contributed by atoms with Crippen LogP contribution in [0.3, 0.4) is 0 Å². The average molecular weight is 368 g/mol. The maximum Gasteiger partial charge on any atom is 0.235 e. The molecule has 0 radical (unpaired) electrons. The lowest BCUT2D eigenvalue weighted by molar-refractivity contribution is -0.128. The molecule has 8 atom stereocenters. The van der Waals surface area contributed by atoms with Crippen LogP contribution in [0, 0.1) is 34.5 Å². The topological polar surface area (TPSA) is 49.3 Å². The van der Waals surface area contributed by atoms with E-state index in [4.69, 9.17) is 11.6 Å². The molecule has 4 aliphatic rings. The lowest BCUT2D eigenvalue weighted by Gasteiger charge is -2.60. The third-order valence-electron chi connectivity index (χ3n) is 9.09. The lowest BCUT2D eigenvalue weighted by atomic mass is 9.45. The van der Waals surface area contributed by atoms with Crippen LogP contribution >= 0.6 is 11.6 Å². The minimum Gasteiger partial charge on any atom is -0.393 e. The van der Waals surface area contributed by atoms with Gasteiger partial charge in [0, 0.05) is 6.04 Å². The molecule has 4 heteroatoms. The Balaban J connectivity index is 1.55. The molecule has 4 fully saturated rings. The van der Waals surface area contributed by atoms with Gasteiger partial charge in [0.1, 0.15) is 5.88 Å². The second-order valence-electron chi connectivity index (χ2n) is 9.96. The van der Waals surface area contributed by atoms with Crippen LogP contribution in [0.5, 0.6) is 0 Å². The number of amides is 1. The zero-order valence-corrected chi connectivity index (χ0v) is 16.5. The first-order chi connectivity index (χ1) is 11.9. The number of carbonyl (C=O) groups excluding carboxylic acids is 1. The molecule has 0 unspecified atom stereocenters.